The Morgan fingerprint density at radius 3 is 2.58 bits per heavy atom. The summed E-state index contributed by atoms with van der Waals surface area (Å²) in [5.74, 6) is 0.0747. The maximum atomic E-state index is 13.1. The fourth-order valence-corrected chi connectivity index (χ4v) is 4.13. The van der Waals surface area contributed by atoms with Crippen molar-refractivity contribution in [3.63, 3.8) is 0 Å². The third-order valence-electron chi connectivity index (χ3n) is 5.74. The summed E-state index contributed by atoms with van der Waals surface area (Å²) < 4.78 is 5.67. The molecule has 0 radical (unpaired) electrons. The number of carbonyl (C=O) groups excluding carboxylic acids is 2. The van der Waals surface area contributed by atoms with Gasteiger partial charge < -0.3 is 15.0 Å². The average molecular weight is 443 g/mol. The molecule has 0 heterocycles. The van der Waals surface area contributed by atoms with Crippen molar-refractivity contribution in [2.45, 2.75) is 64.6 Å². The zero-order valence-electron chi connectivity index (χ0n) is 18.3. The van der Waals surface area contributed by atoms with Crippen LogP contribution in [0.5, 0.6) is 5.75 Å². The van der Waals surface area contributed by atoms with E-state index in [4.69, 9.17) is 16.3 Å². The van der Waals surface area contributed by atoms with E-state index in [1.807, 2.05) is 31.2 Å². The molecule has 31 heavy (non-hydrogen) atoms. The molecule has 0 aromatic heterocycles. The highest BCUT2D eigenvalue weighted by molar-refractivity contribution is 6.32. The van der Waals surface area contributed by atoms with Crippen LogP contribution in [0, 0.1) is 6.92 Å². The number of para-hydroxylation sites is 1. The highest BCUT2D eigenvalue weighted by Crippen LogP contribution is 2.23. The second kappa shape index (κ2) is 11.2. The molecule has 1 aliphatic rings. The van der Waals surface area contributed by atoms with Crippen molar-refractivity contribution in [2.24, 2.45) is 0 Å². The summed E-state index contributed by atoms with van der Waals surface area (Å²) in [6.45, 7) is 3.94. The summed E-state index contributed by atoms with van der Waals surface area (Å²) in [4.78, 5) is 27.7. The quantitative estimate of drug-likeness (QED) is 0.633. The molecule has 1 unspecified atom stereocenters. The molecule has 2 amide bonds. The number of carbonyl (C=O) groups is 2. The lowest BCUT2D eigenvalue weighted by atomic mass is 9.95. The molecule has 1 aliphatic carbocycles. The minimum atomic E-state index is -0.607. The van der Waals surface area contributed by atoms with Gasteiger partial charge in [0.1, 0.15) is 11.8 Å². The molecule has 6 heteroatoms. The molecule has 1 N–H and O–H groups in total. The van der Waals surface area contributed by atoms with E-state index in [0.717, 1.165) is 36.8 Å². The van der Waals surface area contributed by atoms with E-state index in [0.29, 0.717) is 17.3 Å². The van der Waals surface area contributed by atoms with Gasteiger partial charge in [-0.15, -0.1) is 0 Å². The van der Waals surface area contributed by atoms with Crippen molar-refractivity contribution < 1.29 is 14.3 Å². The third-order valence-corrected chi connectivity index (χ3v) is 6.05. The summed E-state index contributed by atoms with van der Waals surface area (Å²) in [6.07, 6.45) is 5.49. The summed E-state index contributed by atoms with van der Waals surface area (Å²) >= 11 is 6.14. The molecule has 2 aromatic carbocycles. The molecule has 0 saturated heterocycles. The van der Waals surface area contributed by atoms with Crippen LogP contribution >= 0.6 is 11.6 Å². The van der Waals surface area contributed by atoms with Crippen LogP contribution in [-0.2, 0) is 16.1 Å². The van der Waals surface area contributed by atoms with Gasteiger partial charge in [0.15, 0.2) is 6.61 Å². The zero-order valence-corrected chi connectivity index (χ0v) is 19.0. The van der Waals surface area contributed by atoms with E-state index in [-0.39, 0.29) is 24.5 Å². The lowest BCUT2D eigenvalue weighted by Gasteiger charge is -2.31. The van der Waals surface area contributed by atoms with Gasteiger partial charge in [-0.2, -0.15) is 0 Å². The van der Waals surface area contributed by atoms with Crippen molar-refractivity contribution in [1.82, 2.24) is 10.2 Å². The second-order valence-corrected chi connectivity index (χ2v) is 8.66. The Bertz CT molecular complexity index is 896. The average Bonchev–Trinajstić information content (AvgIpc) is 2.77. The first-order chi connectivity index (χ1) is 14.9. The first-order valence-corrected chi connectivity index (χ1v) is 11.3. The van der Waals surface area contributed by atoms with Gasteiger partial charge in [-0.25, -0.2) is 0 Å². The van der Waals surface area contributed by atoms with Crippen molar-refractivity contribution in [2.75, 3.05) is 6.61 Å². The van der Waals surface area contributed by atoms with Crippen molar-refractivity contribution in [3.8, 4) is 5.75 Å². The number of hydrogen-bond donors (Lipinski definition) is 1. The van der Waals surface area contributed by atoms with Crippen LogP contribution in [0.3, 0.4) is 0 Å². The lowest BCUT2D eigenvalue weighted by molar-refractivity contribution is -0.142. The Morgan fingerprint density at radius 1 is 1.13 bits per heavy atom. The number of ether oxygens (including phenoxy) is 1. The predicted octanol–water partition coefficient (Wildman–Crippen LogP) is 4.89. The fourth-order valence-electron chi connectivity index (χ4n) is 3.94. The molecular formula is C25H31ClN2O3. The predicted molar refractivity (Wildman–Crippen MR) is 123 cm³/mol. The molecule has 166 valence electrons. The number of rotatable bonds is 8. The minimum absolute atomic E-state index is 0.120. The number of amides is 2. The first kappa shape index (κ1) is 23.1. The van der Waals surface area contributed by atoms with Crippen LogP contribution in [0.2, 0.25) is 5.02 Å². The fraction of sp³-hybridized carbons (Fsp3) is 0.440. The minimum Gasteiger partial charge on any atom is -0.482 e. The number of nitrogens with one attached hydrogen (secondary N) is 1. The molecule has 1 saturated carbocycles. The Morgan fingerprint density at radius 2 is 1.87 bits per heavy atom. The van der Waals surface area contributed by atoms with Gasteiger partial charge in [-0.05, 0) is 44.4 Å². The van der Waals surface area contributed by atoms with Crippen LogP contribution in [0.25, 0.3) is 0 Å². The molecule has 0 spiro atoms. The monoisotopic (exact) mass is 442 g/mol. The zero-order chi connectivity index (χ0) is 22.2. The normalized spacial score (nSPS) is 15.2. The number of aryl methyl sites for hydroxylation is 1. The van der Waals surface area contributed by atoms with Gasteiger partial charge in [0.05, 0.1) is 5.02 Å². The highest BCUT2D eigenvalue weighted by Gasteiger charge is 2.28. The van der Waals surface area contributed by atoms with Crippen LogP contribution in [0.15, 0.2) is 48.5 Å². The smallest absolute Gasteiger partial charge is 0.261 e. The Balaban J connectivity index is 1.71. The lowest BCUT2D eigenvalue weighted by Crippen LogP contribution is -2.51. The molecule has 3 rings (SSSR count). The van der Waals surface area contributed by atoms with Crippen LogP contribution in [-0.4, -0.2) is 35.4 Å². The molecule has 2 aromatic rings. The van der Waals surface area contributed by atoms with Crippen molar-refractivity contribution in [3.05, 3.63) is 64.7 Å². The van der Waals surface area contributed by atoms with Crippen LogP contribution < -0.4 is 10.1 Å². The highest BCUT2D eigenvalue weighted by atomic mass is 35.5. The Hall–Kier alpha value is -2.53. The van der Waals surface area contributed by atoms with E-state index in [1.165, 1.54) is 6.42 Å². The number of hydrogen-bond acceptors (Lipinski definition) is 3. The molecule has 0 bridgehead atoms. The van der Waals surface area contributed by atoms with E-state index in [1.54, 1.807) is 36.1 Å². The van der Waals surface area contributed by atoms with E-state index < -0.39 is 6.04 Å². The van der Waals surface area contributed by atoms with Crippen molar-refractivity contribution >= 4 is 23.4 Å². The molecule has 1 fully saturated rings. The molecule has 1 atom stereocenters. The van der Waals surface area contributed by atoms with Crippen LogP contribution in [0.1, 0.15) is 50.2 Å². The van der Waals surface area contributed by atoms with Gasteiger partial charge in [-0.3, -0.25) is 9.59 Å². The van der Waals surface area contributed by atoms with E-state index in [2.05, 4.69) is 5.32 Å². The first-order valence-electron chi connectivity index (χ1n) is 11.0. The largest absolute Gasteiger partial charge is 0.482 e. The van der Waals surface area contributed by atoms with E-state index in [9.17, 15) is 9.59 Å². The SMILES string of the molecule is Cc1cccc(CN(C(=O)COc2ccccc2Cl)C(C)C(=O)NC2CCCCC2)c1. The van der Waals surface area contributed by atoms with Crippen molar-refractivity contribution in [1.29, 1.82) is 0 Å². The van der Waals surface area contributed by atoms with Gasteiger partial charge >= 0.3 is 0 Å². The summed E-state index contributed by atoms with van der Waals surface area (Å²) in [7, 11) is 0. The van der Waals surface area contributed by atoms with Crippen LogP contribution in [0.4, 0.5) is 0 Å². The molecular weight excluding hydrogens is 412 g/mol. The van der Waals surface area contributed by atoms with Gasteiger partial charge in [0.25, 0.3) is 5.91 Å². The van der Waals surface area contributed by atoms with Gasteiger partial charge in [-0.1, -0.05) is 72.8 Å². The van der Waals surface area contributed by atoms with E-state index >= 15 is 0 Å². The third kappa shape index (κ3) is 6.73. The maximum Gasteiger partial charge on any atom is 0.261 e. The number of benzene rings is 2. The maximum absolute atomic E-state index is 13.1. The van der Waals surface area contributed by atoms with Gasteiger partial charge in [0, 0.05) is 12.6 Å². The Labute approximate surface area is 189 Å². The summed E-state index contributed by atoms with van der Waals surface area (Å²) in [5, 5.41) is 3.59. The number of nitrogens with zero attached hydrogens (tertiary/aromatic N) is 1. The molecule has 5 nitrogen and oxygen atoms in total. The summed E-state index contributed by atoms with van der Waals surface area (Å²) in [6, 6.07) is 14.6. The topological polar surface area (TPSA) is 58.6 Å². The molecule has 0 aliphatic heterocycles. The second-order valence-electron chi connectivity index (χ2n) is 8.25. The summed E-state index contributed by atoms with van der Waals surface area (Å²) in [5.41, 5.74) is 2.08. The Kier molecular flexibility index (Phi) is 8.35. The van der Waals surface area contributed by atoms with Gasteiger partial charge in [0.2, 0.25) is 5.91 Å². The number of halogens is 1. The standard InChI is InChI=1S/C25H31ClN2O3/c1-18-9-8-10-20(15-18)16-28(19(2)25(30)27-21-11-4-3-5-12-21)24(29)17-31-23-14-7-6-13-22(23)26/h6-10,13-15,19,21H,3-5,11-12,16-17H2,1-2H3,(H,27,30).